The number of hydrogen-bond acceptors (Lipinski definition) is 2. The van der Waals surface area contributed by atoms with Gasteiger partial charge >= 0.3 is 0 Å². The molecule has 0 spiro atoms. The second-order valence-corrected chi connectivity index (χ2v) is 4.11. The Hall–Kier alpha value is -2.09. The van der Waals surface area contributed by atoms with Crippen molar-refractivity contribution in [3.63, 3.8) is 0 Å². The number of oxime groups is 1. The molecule has 17 heavy (non-hydrogen) atoms. The molecule has 0 amide bonds. The van der Waals surface area contributed by atoms with Crippen LogP contribution in [0.15, 0.2) is 53.7 Å². The van der Waals surface area contributed by atoms with Crippen LogP contribution in [0, 0.1) is 13.8 Å². The molecule has 0 aliphatic rings. The Morgan fingerprint density at radius 1 is 0.882 bits per heavy atom. The lowest BCUT2D eigenvalue weighted by atomic mass is 9.99. The molecule has 2 heteroatoms. The van der Waals surface area contributed by atoms with Crippen LogP contribution in [0.2, 0.25) is 0 Å². The molecule has 2 nitrogen and oxygen atoms in total. The maximum atomic E-state index is 9.18. The van der Waals surface area contributed by atoms with Gasteiger partial charge in [0.1, 0.15) is 5.71 Å². The third-order valence-electron chi connectivity index (χ3n) is 2.93. The Morgan fingerprint density at radius 3 is 2.18 bits per heavy atom. The summed E-state index contributed by atoms with van der Waals surface area (Å²) in [5.74, 6) is 0. The van der Waals surface area contributed by atoms with Crippen molar-refractivity contribution in [1.29, 1.82) is 0 Å². The van der Waals surface area contributed by atoms with Gasteiger partial charge in [-0.2, -0.15) is 0 Å². The Labute approximate surface area is 101 Å². The molecule has 0 saturated carbocycles. The van der Waals surface area contributed by atoms with E-state index >= 15 is 0 Å². The van der Waals surface area contributed by atoms with E-state index in [1.807, 2.05) is 48.5 Å². The second kappa shape index (κ2) is 4.83. The molecule has 86 valence electrons. The van der Waals surface area contributed by atoms with E-state index in [2.05, 4.69) is 19.0 Å². The molecule has 0 radical (unpaired) electrons. The highest BCUT2D eigenvalue weighted by Crippen LogP contribution is 2.15. The van der Waals surface area contributed by atoms with Crippen LogP contribution >= 0.6 is 0 Å². The van der Waals surface area contributed by atoms with Crippen LogP contribution < -0.4 is 0 Å². The smallest absolute Gasteiger partial charge is 0.117 e. The van der Waals surface area contributed by atoms with Crippen molar-refractivity contribution in [3.05, 3.63) is 70.8 Å². The van der Waals surface area contributed by atoms with E-state index in [-0.39, 0.29) is 0 Å². The van der Waals surface area contributed by atoms with Gasteiger partial charge in [0.15, 0.2) is 0 Å². The quantitative estimate of drug-likeness (QED) is 0.473. The fraction of sp³-hybridized carbons (Fsp3) is 0.133. The van der Waals surface area contributed by atoms with Gasteiger partial charge in [-0.1, -0.05) is 47.6 Å². The van der Waals surface area contributed by atoms with E-state index < -0.39 is 0 Å². The van der Waals surface area contributed by atoms with Gasteiger partial charge in [0.05, 0.1) is 0 Å². The Balaban J connectivity index is 2.47. The molecule has 0 aliphatic carbocycles. The number of nitrogens with zero attached hydrogens (tertiary/aromatic N) is 1. The second-order valence-electron chi connectivity index (χ2n) is 4.11. The predicted octanol–water partition coefficient (Wildman–Crippen LogP) is 3.53. The normalized spacial score (nSPS) is 11.5. The van der Waals surface area contributed by atoms with Crippen molar-refractivity contribution in [2.45, 2.75) is 13.8 Å². The molecule has 0 saturated heterocycles. The summed E-state index contributed by atoms with van der Waals surface area (Å²) in [6.45, 7) is 4.12. The highest BCUT2D eigenvalue weighted by Gasteiger charge is 2.07. The first kappa shape index (κ1) is 11.4. The summed E-state index contributed by atoms with van der Waals surface area (Å²) in [5.41, 5.74) is 4.88. The molecule has 0 unspecified atom stereocenters. The average Bonchev–Trinajstić information content (AvgIpc) is 2.36. The molecule has 0 atom stereocenters. The largest absolute Gasteiger partial charge is 0.410 e. The van der Waals surface area contributed by atoms with Crippen LogP contribution in [-0.2, 0) is 0 Å². The average molecular weight is 225 g/mol. The SMILES string of the molecule is Cc1ccc(/C(=N\O)c2ccccc2)cc1C. The molecule has 2 rings (SSSR count). The van der Waals surface area contributed by atoms with Crippen molar-refractivity contribution in [2.24, 2.45) is 5.16 Å². The van der Waals surface area contributed by atoms with Gasteiger partial charge in [-0.25, -0.2) is 0 Å². The molecule has 0 bridgehead atoms. The van der Waals surface area contributed by atoms with Crippen molar-refractivity contribution < 1.29 is 5.21 Å². The molecule has 1 N–H and O–H groups in total. The van der Waals surface area contributed by atoms with E-state index in [9.17, 15) is 5.21 Å². The summed E-state index contributed by atoms with van der Waals surface area (Å²) in [5, 5.41) is 12.6. The van der Waals surface area contributed by atoms with Crippen LogP contribution in [0.4, 0.5) is 0 Å². The number of benzene rings is 2. The monoisotopic (exact) mass is 225 g/mol. The zero-order chi connectivity index (χ0) is 12.3. The lowest BCUT2D eigenvalue weighted by Gasteiger charge is -2.07. The Kier molecular flexibility index (Phi) is 3.24. The maximum absolute atomic E-state index is 9.18. The summed E-state index contributed by atoms with van der Waals surface area (Å²) in [6.07, 6.45) is 0. The molecule has 0 fully saturated rings. The third-order valence-corrected chi connectivity index (χ3v) is 2.93. The summed E-state index contributed by atoms with van der Waals surface area (Å²) >= 11 is 0. The molecule has 0 aliphatic heterocycles. The van der Waals surface area contributed by atoms with E-state index in [1.54, 1.807) is 0 Å². The van der Waals surface area contributed by atoms with Crippen LogP contribution in [0.1, 0.15) is 22.3 Å². The molecule has 2 aromatic carbocycles. The Morgan fingerprint density at radius 2 is 1.59 bits per heavy atom. The first-order valence-corrected chi connectivity index (χ1v) is 5.57. The fourth-order valence-electron chi connectivity index (χ4n) is 1.77. The molecular weight excluding hydrogens is 210 g/mol. The highest BCUT2D eigenvalue weighted by molar-refractivity contribution is 6.12. The van der Waals surface area contributed by atoms with Crippen molar-refractivity contribution in [1.82, 2.24) is 0 Å². The van der Waals surface area contributed by atoms with E-state index in [1.165, 1.54) is 11.1 Å². The minimum absolute atomic E-state index is 0.605. The highest BCUT2D eigenvalue weighted by atomic mass is 16.4. The zero-order valence-corrected chi connectivity index (χ0v) is 10.0. The zero-order valence-electron chi connectivity index (χ0n) is 10.0. The Bertz CT molecular complexity index is 544. The molecular formula is C15H15NO. The molecule has 0 heterocycles. The number of rotatable bonds is 2. The van der Waals surface area contributed by atoms with Crippen LogP contribution in [-0.4, -0.2) is 10.9 Å². The van der Waals surface area contributed by atoms with Crippen molar-refractivity contribution in [3.8, 4) is 0 Å². The summed E-state index contributed by atoms with van der Waals surface area (Å²) in [6, 6.07) is 15.7. The lowest BCUT2D eigenvalue weighted by molar-refractivity contribution is 0.319. The first-order valence-electron chi connectivity index (χ1n) is 5.57. The van der Waals surface area contributed by atoms with Crippen molar-refractivity contribution >= 4 is 5.71 Å². The summed E-state index contributed by atoms with van der Waals surface area (Å²) in [7, 11) is 0. The van der Waals surface area contributed by atoms with E-state index in [0.29, 0.717) is 5.71 Å². The minimum atomic E-state index is 0.605. The van der Waals surface area contributed by atoms with Crippen LogP contribution in [0.3, 0.4) is 0 Å². The van der Waals surface area contributed by atoms with Gasteiger partial charge in [0.2, 0.25) is 0 Å². The summed E-state index contributed by atoms with van der Waals surface area (Å²) in [4.78, 5) is 0. The number of hydrogen-bond donors (Lipinski definition) is 1. The number of aryl methyl sites for hydroxylation is 2. The topological polar surface area (TPSA) is 32.6 Å². The van der Waals surface area contributed by atoms with Gasteiger partial charge in [-0.3, -0.25) is 0 Å². The standard InChI is InChI=1S/C15H15NO/c1-11-8-9-14(10-12(11)2)15(16-17)13-6-4-3-5-7-13/h3-10,17H,1-2H3/b16-15-. The van der Waals surface area contributed by atoms with Gasteiger partial charge in [0.25, 0.3) is 0 Å². The van der Waals surface area contributed by atoms with Gasteiger partial charge < -0.3 is 5.21 Å². The first-order chi connectivity index (χ1) is 8.22. The summed E-state index contributed by atoms with van der Waals surface area (Å²) < 4.78 is 0. The third kappa shape index (κ3) is 2.36. The van der Waals surface area contributed by atoms with Gasteiger partial charge in [0, 0.05) is 11.1 Å². The van der Waals surface area contributed by atoms with E-state index in [4.69, 9.17) is 0 Å². The fourth-order valence-corrected chi connectivity index (χ4v) is 1.77. The predicted molar refractivity (Wildman–Crippen MR) is 69.8 cm³/mol. The van der Waals surface area contributed by atoms with Gasteiger partial charge in [-0.15, -0.1) is 0 Å². The maximum Gasteiger partial charge on any atom is 0.117 e. The van der Waals surface area contributed by atoms with Crippen LogP contribution in [0.25, 0.3) is 0 Å². The van der Waals surface area contributed by atoms with E-state index in [0.717, 1.165) is 11.1 Å². The minimum Gasteiger partial charge on any atom is -0.410 e. The molecule has 0 aromatic heterocycles. The van der Waals surface area contributed by atoms with Crippen LogP contribution in [0.5, 0.6) is 0 Å². The van der Waals surface area contributed by atoms with Gasteiger partial charge in [-0.05, 0) is 31.0 Å². The lowest BCUT2D eigenvalue weighted by Crippen LogP contribution is -2.03. The molecule has 2 aromatic rings. The van der Waals surface area contributed by atoms with Crippen molar-refractivity contribution in [2.75, 3.05) is 0 Å².